The minimum atomic E-state index is 0.726. The van der Waals surface area contributed by atoms with Crippen molar-refractivity contribution in [2.24, 2.45) is 0 Å². The maximum atomic E-state index is 6.01. The quantitative estimate of drug-likeness (QED) is 0.741. The van der Waals surface area contributed by atoms with Gasteiger partial charge in [0.25, 0.3) is 0 Å². The van der Waals surface area contributed by atoms with Crippen LogP contribution in [0, 0.1) is 0 Å². The normalized spacial score (nSPS) is 14.9. The Bertz CT molecular complexity index is 857. The minimum Gasteiger partial charge on any atom is -0.362 e. The summed E-state index contributed by atoms with van der Waals surface area (Å²) < 4.78 is 0. The van der Waals surface area contributed by atoms with E-state index in [4.69, 9.17) is 11.6 Å². The van der Waals surface area contributed by atoms with Gasteiger partial charge in [0, 0.05) is 34.2 Å². The molecule has 2 heterocycles. The number of aromatic nitrogens is 2. The van der Waals surface area contributed by atoms with Crippen molar-refractivity contribution in [1.82, 2.24) is 10.2 Å². The summed E-state index contributed by atoms with van der Waals surface area (Å²) in [6.07, 6.45) is 2.71. The molecule has 0 bridgehead atoms. The zero-order chi connectivity index (χ0) is 17.1. The summed E-state index contributed by atoms with van der Waals surface area (Å²) in [5, 5.41) is 15.4. The van der Waals surface area contributed by atoms with Crippen molar-refractivity contribution in [3.8, 4) is 11.3 Å². The molecule has 1 aliphatic heterocycles. The summed E-state index contributed by atoms with van der Waals surface area (Å²) in [5.41, 5.74) is 1.92. The van der Waals surface area contributed by atoms with Crippen LogP contribution in [-0.4, -0.2) is 36.4 Å². The summed E-state index contributed by atoms with van der Waals surface area (Å²) in [4.78, 5) is 1.68. The fourth-order valence-electron chi connectivity index (χ4n) is 3.54. The van der Waals surface area contributed by atoms with Crippen LogP contribution in [0.1, 0.15) is 12.8 Å². The molecule has 1 saturated heterocycles. The van der Waals surface area contributed by atoms with Gasteiger partial charge in [-0.15, -0.1) is 10.2 Å². The fraction of sp³-hybridized carbons (Fsp3) is 0.300. The molecule has 0 spiro atoms. The maximum absolute atomic E-state index is 6.01. The molecule has 0 saturated carbocycles. The molecule has 25 heavy (non-hydrogen) atoms. The highest BCUT2D eigenvalue weighted by atomic mass is 35.5. The summed E-state index contributed by atoms with van der Waals surface area (Å²) in [6, 6.07) is 16.1. The molecule has 1 fully saturated rings. The number of quaternary nitrogens is 1. The van der Waals surface area contributed by atoms with E-state index in [2.05, 4.69) is 27.6 Å². The number of anilines is 1. The van der Waals surface area contributed by atoms with Crippen LogP contribution in [0.5, 0.6) is 0 Å². The molecule has 0 unspecified atom stereocenters. The van der Waals surface area contributed by atoms with Gasteiger partial charge in [-0.05, 0) is 12.1 Å². The molecule has 2 aromatic carbocycles. The fourth-order valence-corrected chi connectivity index (χ4v) is 3.66. The Balaban J connectivity index is 1.61. The van der Waals surface area contributed by atoms with Gasteiger partial charge in [-0.2, -0.15) is 0 Å². The van der Waals surface area contributed by atoms with Crippen LogP contribution < -0.4 is 10.2 Å². The number of fused-ring (bicyclic) bond motifs is 1. The summed E-state index contributed by atoms with van der Waals surface area (Å²) in [5.74, 6) is 0.868. The smallest absolute Gasteiger partial charge is 0.156 e. The summed E-state index contributed by atoms with van der Waals surface area (Å²) >= 11 is 6.01. The molecular formula is C20H22ClN4+. The zero-order valence-electron chi connectivity index (χ0n) is 14.1. The van der Waals surface area contributed by atoms with Crippen LogP contribution in [0.15, 0.2) is 48.5 Å². The van der Waals surface area contributed by atoms with E-state index in [-0.39, 0.29) is 0 Å². The Hall–Kier alpha value is -2.17. The predicted octanol–water partition coefficient (Wildman–Crippen LogP) is 3.04. The lowest BCUT2D eigenvalue weighted by atomic mass is 10.0. The van der Waals surface area contributed by atoms with Crippen molar-refractivity contribution in [3.05, 3.63) is 53.6 Å². The number of halogens is 1. The largest absolute Gasteiger partial charge is 0.362 e. The molecule has 1 aromatic heterocycles. The Morgan fingerprint density at radius 1 is 0.920 bits per heavy atom. The number of nitrogens with one attached hydrogen (secondary N) is 2. The average Bonchev–Trinajstić information content (AvgIpc) is 3.16. The molecular weight excluding hydrogens is 332 g/mol. The Morgan fingerprint density at radius 2 is 1.64 bits per heavy atom. The number of likely N-dealkylation sites (tertiary alicyclic amines) is 1. The monoisotopic (exact) mass is 353 g/mol. The van der Waals surface area contributed by atoms with Crippen molar-refractivity contribution in [1.29, 1.82) is 0 Å². The molecule has 2 N–H and O–H groups in total. The van der Waals surface area contributed by atoms with Gasteiger partial charge in [-0.1, -0.05) is 48.0 Å². The second kappa shape index (κ2) is 7.38. The van der Waals surface area contributed by atoms with E-state index in [1.807, 2.05) is 36.4 Å². The van der Waals surface area contributed by atoms with Gasteiger partial charge in [0.15, 0.2) is 5.82 Å². The van der Waals surface area contributed by atoms with E-state index in [0.29, 0.717) is 0 Å². The molecule has 0 atom stereocenters. The minimum absolute atomic E-state index is 0.726. The van der Waals surface area contributed by atoms with Crippen molar-refractivity contribution in [2.75, 3.05) is 31.5 Å². The Morgan fingerprint density at radius 3 is 2.40 bits per heavy atom. The second-order valence-electron chi connectivity index (χ2n) is 6.58. The predicted molar refractivity (Wildman–Crippen MR) is 103 cm³/mol. The number of hydrogen-bond acceptors (Lipinski definition) is 3. The third kappa shape index (κ3) is 3.60. The van der Waals surface area contributed by atoms with E-state index in [0.717, 1.165) is 46.0 Å². The highest BCUT2D eigenvalue weighted by Crippen LogP contribution is 2.30. The average molecular weight is 354 g/mol. The zero-order valence-corrected chi connectivity index (χ0v) is 14.9. The summed E-state index contributed by atoms with van der Waals surface area (Å²) in [7, 11) is 0. The first-order valence-electron chi connectivity index (χ1n) is 8.90. The number of benzene rings is 2. The SMILES string of the molecule is Clc1ccc(-c2nnc(NCC[NH+]3CCCC3)c3ccccc23)cc1. The molecule has 128 valence electrons. The first kappa shape index (κ1) is 16.3. The summed E-state index contributed by atoms with van der Waals surface area (Å²) in [6.45, 7) is 4.65. The van der Waals surface area contributed by atoms with Crippen molar-refractivity contribution < 1.29 is 4.90 Å². The van der Waals surface area contributed by atoms with Crippen LogP contribution in [0.4, 0.5) is 5.82 Å². The molecule has 0 aliphatic carbocycles. The van der Waals surface area contributed by atoms with Crippen molar-refractivity contribution in [3.63, 3.8) is 0 Å². The van der Waals surface area contributed by atoms with Gasteiger partial charge in [0.2, 0.25) is 0 Å². The van der Waals surface area contributed by atoms with Crippen LogP contribution in [-0.2, 0) is 0 Å². The number of hydrogen-bond donors (Lipinski definition) is 2. The molecule has 1 aliphatic rings. The Kier molecular flexibility index (Phi) is 4.81. The first-order valence-corrected chi connectivity index (χ1v) is 9.28. The third-order valence-corrected chi connectivity index (χ3v) is 5.14. The van der Waals surface area contributed by atoms with Crippen LogP contribution >= 0.6 is 11.6 Å². The number of rotatable bonds is 5. The molecule has 0 radical (unpaired) electrons. The highest BCUT2D eigenvalue weighted by Gasteiger charge is 2.15. The van der Waals surface area contributed by atoms with Gasteiger partial charge in [0.05, 0.1) is 26.2 Å². The van der Waals surface area contributed by atoms with Gasteiger partial charge >= 0.3 is 0 Å². The second-order valence-corrected chi connectivity index (χ2v) is 7.02. The van der Waals surface area contributed by atoms with Crippen LogP contribution in [0.2, 0.25) is 5.02 Å². The lowest BCUT2D eigenvalue weighted by Gasteiger charge is -2.14. The van der Waals surface area contributed by atoms with Crippen LogP contribution in [0.25, 0.3) is 22.0 Å². The molecule has 4 rings (SSSR count). The van der Waals surface area contributed by atoms with Crippen molar-refractivity contribution in [2.45, 2.75) is 12.8 Å². The molecule has 0 amide bonds. The van der Waals surface area contributed by atoms with E-state index < -0.39 is 0 Å². The lowest BCUT2D eigenvalue weighted by molar-refractivity contribution is -0.885. The van der Waals surface area contributed by atoms with E-state index >= 15 is 0 Å². The molecule has 3 aromatic rings. The van der Waals surface area contributed by atoms with Gasteiger partial charge in [-0.25, -0.2) is 0 Å². The highest BCUT2D eigenvalue weighted by molar-refractivity contribution is 6.30. The van der Waals surface area contributed by atoms with Gasteiger partial charge < -0.3 is 10.2 Å². The third-order valence-electron chi connectivity index (χ3n) is 4.89. The van der Waals surface area contributed by atoms with Crippen molar-refractivity contribution >= 4 is 28.2 Å². The van der Waals surface area contributed by atoms with Crippen LogP contribution in [0.3, 0.4) is 0 Å². The molecule has 4 nitrogen and oxygen atoms in total. The van der Waals surface area contributed by atoms with Gasteiger partial charge in [-0.3, -0.25) is 0 Å². The molecule has 5 heteroatoms. The standard InChI is InChI=1S/C20H21ClN4/c21-16-9-7-15(8-10-16)19-17-5-1-2-6-18(17)20(24-23-19)22-11-14-25-12-3-4-13-25/h1-2,5-10H,3-4,11-14H2,(H,22,24)/p+1. The first-order chi connectivity index (χ1) is 12.3. The maximum Gasteiger partial charge on any atom is 0.156 e. The Labute approximate surface area is 152 Å². The van der Waals surface area contributed by atoms with Gasteiger partial charge in [0.1, 0.15) is 5.69 Å². The van der Waals surface area contributed by atoms with E-state index in [1.54, 1.807) is 4.90 Å². The lowest BCUT2D eigenvalue weighted by Crippen LogP contribution is -3.10. The van der Waals surface area contributed by atoms with E-state index in [1.165, 1.54) is 25.9 Å². The number of nitrogens with zero attached hydrogens (tertiary/aromatic N) is 2. The van der Waals surface area contributed by atoms with E-state index in [9.17, 15) is 0 Å². The topological polar surface area (TPSA) is 42.2 Å².